The Labute approximate surface area is 267 Å². The first-order valence-electron chi connectivity index (χ1n) is 13.9. The van der Waals surface area contributed by atoms with E-state index >= 15 is 0 Å². The molecule has 5 atom stereocenters. The number of carbonyl (C=O) groups excluding carboxylic acids is 1. The average Bonchev–Trinajstić information content (AvgIpc) is 3.13. The maximum absolute atomic E-state index is 13.6. The van der Waals surface area contributed by atoms with E-state index in [1.54, 1.807) is 44.2 Å². The van der Waals surface area contributed by atoms with Gasteiger partial charge in [0.2, 0.25) is 10.0 Å². The molecule has 0 aliphatic carbocycles. The first kappa shape index (κ1) is 36.8. The maximum Gasteiger partial charge on any atom is 0.410 e. The lowest BCUT2D eigenvalue weighted by atomic mass is 9.83. The highest BCUT2D eigenvalue weighted by molar-refractivity contribution is 7.89. The van der Waals surface area contributed by atoms with E-state index in [1.807, 2.05) is 0 Å². The zero-order valence-electron chi connectivity index (χ0n) is 24.9. The minimum Gasteiger partial charge on any atom is -0.404 e. The van der Waals surface area contributed by atoms with E-state index in [4.69, 9.17) is 5.73 Å². The fourth-order valence-electron chi connectivity index (χ4n) is 5.25. The molecule has 13 N–H and O–H groups in total. The Hall–Kier alpha value is -3.06. The van der Waals surface area contributed by atoms with Gasteiger partial charge in [-0.05, 0) is 42.2 Å². The summed E-state index contributed by atoms with van der Waals surface area (Å²) in [5, 5.41) is 106. The van der Waals surface area contributed by atoms with Crippen molar-refractivity contribution >= 4 is 21.8 Å². The van der Waals surface area contributed by atoms with Crippen LogP contribution < -0.4 is 11.1 Å². The molecule has 0 spiro atoms. The van der Waals surface area contributed by atoms with Crippen LogP contribution in [0.15, 0.2) is 59.5 Å². The first-order valence-corrected chi connectivity index (χ1v) is 15.4. The second kappa shape index (κ2) is 12.1. The summed E-state index contributed by atoms with van der Waals surface area (Å²) < 4.78 is 40.8. The Morgan fingerprint density at radius 2 is 1.45 bits per heavy atom. The Morgan fingerprint density at radius 1 is 0.894 bits per heavy atom. The Balaban J connectivity index is 1.66. The number of nitrogens with zero attached hydrogens (tertiary/aromatic N) is 1. The summed E-state index contributed by atoms with van der Waals surface area (Å²) >= 11 is 0. The molecule has 19 nitrogen and oxygen atoms in total. The monoisotopic (exact) mass is 691 g/mol. The van der Waals surface area contributed by atoms with Crippen molar-refractivity contribution < 1.29 is 78.5 Å². The van der Waals surface area contributed by atoms with Gasteiger partial charge in [0.1, 0.15) is 0 Å². The number of carbonyl (C=O) groups is 1. The van der Waals surface area contributed by atoms with E-state index in [1.165, 1.54) is 24.3 Å². The molecule has 0 saturated carbocycles. The molecule has 262 valence electrons. The summed E-state index contributed by atoms with van der Waals surface area (Å²) in [7, 11) is -4.26. The maximum atomic E-state index is 13.6. The van der Waals surface area contributed by atoms with E-state index in [-0.39, 0.29) is 23.8 Å². The number of ether oxygens (including phenoxy) is 3. The highest BCUT2D eigenvalue weighted by atomic mass is 32.2. The molecule has 2 aromatic carbocycles. The number of hydrogen-bond acceptors (Lipinski definition) is 17. The van der Waals surface area contributed by atoms with Crippen LogP contribution in [0.3, 0.4) is 0 Å². The number of hydrogen-bond donors (Lipinski definition) is 12. The molecule has 2 aromatic rings. The van der Waals surface area contributed by atoms with Crippen LogP contribution >= 0.6 is 0 Å². The molecule has 47 heavy (non-hydrogen) atoms. The van der Waals surface area contributed by atoms with Crippen LogP contribution in [0.4, 0.5) is 10.5 Å². The Morgan fingerprint density at radius 3 is 2.00 bits per heavy atom. The minimum absolute atomic E-state index is 0.105. The quantitative estimate of drug-likeness (QED) is 0.0783. The molecule has 2 aliphatic rings. The topological polar surface area (TPSA) is 322 Å². The molecular formula is C27H37N3O16S. The second-order valence-electron chi connectivity index (χ2n) is 11.7. The number of aliphatic hydroxyl groups excluding tert-OH is 1. The van der Waals surface area contributed by atoms with E-state index in [0.29, 0.717) is 11.3 Å². The highest BCUT2D eigenvalue weighted by Crippen LogP contribution is 2.61. The molecule has 2 heterocycles. The van der Waals surface area contributed by atoms with Gasteiger partial charge in [0, 0.05) is 18.8 Å². The van der Waals surface area contributed by atoms with Crippen LogP contribution in [0.2, 0.25) is 0 Å². The number of anilines is 1. The van der Waals surface area contributed by atoms with Gasteiger partial charge in [-0.15, -0.1) is 0 Å². The summed E-state index contributed by atoms with van der Waals surface area (Å²) in [6, 6.07) is 11.7. The van der Waals surface area contributed by atoms with Crippen molar-refractivity contribution in [1.82, 2.24) is 9.62 Å². The lowest BCUT2D eigenvalue weighted by molar-refractivity contribution is -0.530. The van der Waals surface area contributed by atoms with E-state index in [0.717, 1.165) is 4.31 Å². The van der Waals surface area contributed by atoms with Gasteiger partial charge < -0.3 is 66.9 Å². The second-order valence-corrected chi connectivity index (χ2v) is 13.6. The van der Waals surface area contributed by atoms with Gasteiger partial charge in [-0.1, -0.05) is 44.2 Å². The smallest absolute Gasteiger partial charge is 0.404 e. The fourth-order valence-corrected chi connectivity index (χ4v) is 6.87. The van der Waals surface area contributed by atoms with E-state index < -0.39 is 69.9 Å². The van der Waals surface area contributed by atoms with Gasteiger partial charge in [0.25, 0.3) is 11.4 Å². The summed E-state index contributed by atoms with van der Waals surface area (Å²) in [4.78, 5) is 13.0. The van der Waals surface area contributed by atoms with Gasteiger partial charge >= 0.3 is 29.8 Å². The van der Waals surface area contributed by atoms with Crippen molar-refractivity contribution in [3.63, 3.8) is 0 Å². The zero-order chi connectivity index (χ0) is 35.4. The number of sulfonamides is 1. The molecule has 1 amide bonds. The van der Waals surface area contributed by atoms with Crippen molar-refractivity contribution in [3.8, 4) is 0 Å². The van der Waals surface area contributed by atoms with Crippen molar-refractivity contribution in [3.05, 3.63) is 60.2 Å². The Bertz CT molecular complexity index is 1560. The van der Waals surface area contributed by atoms with Crippen LogP contribution in [0.5, 0.6) is 0 Å². The standard InChI is InChI=1S/C27H37N3O16S/c1-15(2)13-30(47(42,43)18-10-8-17(28)9-11-18)14-20(31)19(12-16-6-4-3-5-7-16)29-21(32)44-24(36)22(33)23(34,35)25(37,38)45-27(22,41)46-26(24,39)40/h3-11,15,19-20,31,33-41H,12-14,28H2,1-2H3,(H,29,32). The number of nitrogens with two attached hydrogens (primary N) is 1. The molecule has 0 bridgehead atoms. The lowest BCUT2D eigenvalue weighted by Gasteiger charge is -2.43. The third-order valence-electron chi connectivity index (χ3n) is 7.69. The van der Waals surface area contributed by atoms with Gasteiger partial charge in [-0.2, -0.15) is 4.31 Å². The van der Waals surface area contributed by atoms with Crippen LogP contribution in [-0.4, -0.2) is 130 Å². The lowest BCUT2D eigenvalue weighted by Crippen LogP contribution is -2.78. The van der Waals surface area contributed by atoms with Gasteiger partial charge in [0.05, 0.1) is 17.0 Å². The number of alkyl carbamates (subject to hydrolysis) is 1. The van der Waals surface area contributed by atoms with Crippen molar-refractivity contribution in [2.24, 2.45) is 5.92 Å². The Kier molecular flexibility index (Phi) is 9.48. The van der Waals surface area contributed by atoms with Crippen LogP contribution in [0.25, 0.3) is 0 Å². The van der Waals surface area contributed by atoms with Crippen LogP contribution in [-0.2, 0) is 30.7 Å². The molecule has 0 radical (unpaired) electrons. The van der Waals surface area contributed by atoms with Crippen molar-refractivity contribution in [2.45, 2.75) is 72.4 Å². The SMILES string of the molecule is CC(C)CN(CC(O)C(Cc1ccccc1)NC(=O)OC1(O)C(O)(O)OC2(O)OC(O)(O)C(O)(O)C21O)S(=O)(=O)c1ccc(N)cc1. The number of rotatable bonds is 11. The molecule has 2 saturated heterocycles. The third-order valence-corrected chi connectivity index (χ3v) is 9.54. The first-order chi connectivity index (χ1) is 21.4. The summed E-state index contributed by atoms with van der Waals surface area (Å²) in [6.45, 7) is 2.67. The van der Waals surface area contributed by atoms with Crippen LogP contribution in [0.1, 0.15) is 19.4 Å². The largest absolute Gasteiger partial charge is 0.410 e. The number of aliphatic hydroxyl groups is 10. The van der Waals surface area contributed by atoms with E-state index in [9.17, 15) is 64.3 Å². The predicted molar refractivity (Wildman–Crippen MR) is 153 cm³/mol. The average molecular weight is 692 g/mol. The van der Waals surface area contributed by atoms with Crippen LogP contribution in [0, 0.1) is 5.92 Å². The molecule has 0 aromatic heterocycles. The molecule has 2 fully saturated rings. The van der Waals surface area contributed by atoms with Gasteiger partial charge in [-0.25, -0.2) is 13.2 Å². The molecule has 2 aliphatic heterocycles. The number of benzene rings is 2. The minimum atomic E-state index is -4.66. The number of fused-ring (bicyclic) bond motifs is 1. The normalized spacial score (nSPS) is 29.0. The summed E-state index contributed by atoms with van der Waals surface area (Å²) in [5.74, 6) is -22.6. The molecule has 20 heteroatoms. The number of nitrogen functional groups attached to an aromatic ring is 1. The third kappa shape index (κ3) is 6.06. The highest BCUT2D eigenvalue weighted by Gasteiger charge is 2.98. The molecule has 5 unspecified atom stereocenters. The zero-order valence-corrected chi connectivity index (χ0v) is 25.7. The van der Waals surface area contributed by atoms with Crippen molar-refractivity contribution in [2.75, 3.05) is 18.8 Å². The predicted octanol–water partition coefficient (Wildman–Crippen LogP) is -4.30. The van der Waals surface area contributed by atoms with Crippen molar-refractivity contribution in [1.29, 1.82) is 0 Å². The van der Waals surface area contributed by atoms with Gasteiger partial charge in [-0.3, -0.25) is 9.47 Å². The molecule has 4 rings (SSSR count). The fraction of sp³-hybridized carbons (Fsp3) is 0.519. The number of amides is 1. The molecular weight excluding hydrogens is 654 g/mol. The summed E-state index contributed by atoms with van der Waals surface area (Å²) in [6.07, 6.45) is -4.01. The van der Waals surface area contributed by atoms with Gasteiger partial charge in [0.15, 0.2) is 0 Å². The summed E-state index contributed by atoms with van der Waals surface area (Å²) in [5.41, 5.74) is 1.86. The van der Waals surface area contributed by atoms with E-state index in [2.05, 4.69) is 19.5 Å². The number of nitrogens with one attached hydrogen (secondary N) is 1.